The average molecular weight is 281 g/mol. The number of nitrogens with two attached hydrogens (primary N) is 1. The molecule has 4 heteroatoms. The summed E-state index contributed by atoms with van der Waals surface area (Å²) in [4.78, 5) is 12.2. The van der Waals surface area contributed by atoms with Gasteiger partial charge in [-0.05, 0) is 11.8 Å². The summed E-state index contributed by atoms with van der Waals surface area (Å²) in [5, 5.41) is -0.0938. The number of carbonyl (C=O) groups is 1. The lowest BCUT2D eigenvalue weighted by Gasteiger charge is -2.18. The van der Waals surface area contributed by atoms with E-state index >= 15 is 0 Å². The second kappa shape index (κ2) is 7.12. The van der Waals surface area contributed by atoms with Crippen LogP contribution in [0.4, 0.5) is 0 Å². The number of ketones is 1. The van der Waals surface area contributed by atoms with E-state index in [1.807, 2.05) is 30.3 Å². The molecule has 0 aliphatic rings. The smallest absolute Gasteiger partial charge is 0.177 e. The predicted octanol–water partition coefficient (Wildman–Crippen LogP) is 3.27. The van der Waals surface area contributed by atoms with Gasteiger partial charge in [0.15, 0.2) is 5.78 Å². The van der Waals surface area contributed by atoms with Gasteiger partial charge in [0, 0.05) is 20.2 Å². The molecular formula is C14H23NOSSi. The summed E-state index contributed by atoms with van der Waals surface area (Å²) in [6.07, 6.45) is 0. The first kappa shape index (κ1) is 15.5. The SMILES string of the molecule is C[Si](C)(C)CCSC(CN)C(=O)c1ccccc1. The quantitative estimate of drug-likeness (QED) is 0.616. The van der Waals surface area contributed by atoms with Crippen molar-refractivity contribution in [3.8, 4) is 0 Å². The monoisotopic (exact) mass is 281 g/mol. The van der Waals surface area contributed by atoms with Crippen molar-refractivity contribution in [2.45, 2.75) is 30.9 Å². The van der Waals surface area contributed by atoms with Crippen molar-refractivity contribution in [2.75, 3.05) is 12.3 Å². The van der Waals surface area contributed by atoms with Crippen molar-refractivity contribution >= 4 is 25.6 Å². The van der Waals surface area contributed by atoms with Crippen LogP contribution in [0.2, 0.25) is 25.7 Å². The lowest BCUT2D eigenvalue weighted by atomic mass is 10.1. The summed E-state index contributed by atoms with van der Waals surface area (Å²) in [5.74, 6) is 1.20. The molecule has 18 heavy (non-hydrogen) atoms. The second-order valence-electron chi connectivity index (χ2n) is 5.64. The van der Waals surface area contributed by atoms with Gasteiger partial charge in [-0.15, -0.1) is 11.8 Å². The average Bonchev–Trinajstić information content (AvgIpc) is 2.34. The molecular weight excluding hydrogens is 258 g/mol. The molecule has 100 valence electrons. The molecule has 2 nitrogen and oxygen atoms in total. The number of hydrogen-bond donors (Lipinski definition) is 1. The highest BCUT2D eigenvalue weighted by atomic mass is 32.2. The standard InChI is InChI=1S/C14H23NOSSi/c1-18(2,3)10-9-17-13(11-15)14(16)12-7-5-4-6-8-12/h4-8,13H,9-11,15H2,1-3H3. The highest BCUT2D eigenvalue weighted by molar-refractivity contribution is 8.00. The molecule has 0 amide bonds. The Bertz CT molecular complexity index is 375. The van der Waals surface area contributed by atoms with Gasteiger partial charge in [0.1, 0.15) is 0 Å². The van der Waals surface area contributed by atoms with Crippen molar-refractivity contribution in [1.82, 2.24) is 0 Å². The summed E-state index contributed by atoms with van der Waals surface area (Å²) in [7, 11) is -1.02. The molecule has 0 aliphatic heterocycles. The van der Waals surface area contributed by atoms with Gasteiger partial charge in [0.2, 0.25) is 0 Å². The topological polar surface area (TPSA) is 43.1 Å². The Hall–Kier alpha value is -0.583. The third-order valence-corrected chi connectivity index (χ3v) is 6.10. The zero-order valence-electron chi connectivity index (χ0n) is 11.5. The highest BCUT2D eigenvalue weighted by Crippen LogP contribution is 2.20. The number of benzene rings is 1. The summed E-state index contributed by atoms with van der Waals surface area (Å²) in [6.45, 7) is 7.47. The fourth-order valence-electron chi connectivity index (χ4n) is 1.55. The van der Waals surface area contributed by atoms with Crippen LogP contribution in [0.5, 0.6) is 0 Å². The fraction of sp³-hybridized carbons (Fsp3) is 0.500. The number of hydrogen-bond acceptors (Lipinski definition) is 3. The number of rotatable bonds is 7. The predicted molar refractivity (Wildman–Crippen MR) is 84.2 cm³/mol. The van der Waals surface area contributed by atoms with E-state index < -0.39 is 8.07 Å². The molecule has 1 rings (SSSR count). The molecule has 0 spiro atoms. The molecule has 0 fully saturated rings. The first-order chi connectivity index (χ1) is 8.44. The first-order valence-electron chi connectivity index (χ1n) is 6.35. The molecule has 1 aromatic rings. The molecule has 1 unspecified atom stereocenters. The van der Waals surface area contributed by atoms with Crippen LogP contribution in [0.1, 0.15) is 10.4 Å². The Labute approximate surface area is 115 Å². The number of Topliss-reactive ketones (excluding diaryl/α,β-unsaturated/α-hetero) is 1. The van der Waals surface area contributed by atoms with Crippen LogP contribution >= 0.6 is 11.8 Å². The van der Waals surface area contributed by atoms with Crippen LogP contribution < -0.4 is 5.73 Å². The molecule has 1 atom stereocenters. The molecule has 0 saturated heterocycles. The Balaban J connectivity index is 2.54. The fourth-order valence-corrected chi connectivity index (χ4v) is 5.18. The van der Waals surface area contributed by atoms with Gasteiger partial charge in [0.25, 0.3) is 0 Å². The van der Waals surface area contributed by atoms with Crippen LogP contribution in [0.3, 0.4) is 0 Å². The van der Waals surface area contributed by atoms with Crippen molar-refractivity contribution in [3.63, 3.8) is 0 Å². The minimum absolute atomic E-state index is 0.0938. The van der Waals surface area contributed by atoms with Crippen molar-refractivity contribution in [2.24, 2.45) is 5.73 Å². The van der Waals surface area contributed by atoms with Gasteiger partial charge in [-0.25, -0.2) is 0 Å². The van der Waals surface area contributed by atoms with Crippen LogP contribution in [0, 0.1) is 0 Å². The van der Waals surface area contributed by atoms with Crippen molar-refractivity contribution in [3.05, 3.63) is 35.9 Å². The molecule has 2 N–H and O–H groups in total. The second-order valence-corrected chi connectivity index (χ2v) is 12.6. The summed E-state index contributed by atoms with van der Waals surface area (Å²) in [6, 6.07) is 10.7. The van der Waals surface area contributed by atoms with Gasteiger partial charge in [-0.1, -0.05) is 50.0 Å². The minimum atomic E-state index is -1.02. The van der Waals surface area contributed by atoms with E-state index in [9.17, 15) is 4.79 Å². The Kier molecular flexibility index (Phi) is 6.12. The van der Waals surface area contributed by atoms with Gasteiger partial charge < -0.3 is 5.73 Å². The lowest BCUT2D eigenvalue weighted by Crippen LogP contribution is -2.28. The lowest BCUT2D eigenvalue weighted by molar-refractivity contribution is 0.0991. The summed E-state index contributed by atoms with van der Waals surface area (Å²) in [5.41, 5.74) is 6.50. The first-order valence-corrected chi connectivity index (χ1v) is 11.1. The van der Waals surface area contributed by atoms with E-state index in [4.69, 9.17) is 5.73 Å². The van der Waals surface area contributed by atoms with E-state index in [0.29, 0.717) is 6.54 Å². The van der Waals surface area contributed by atoms with E-state index in [0.717, 1.165) is 11.3 Å². The Morgan fingerprint density at radius 3 is 2.39 bits per heavy atom. The maximum Gasteiger partial charge on any atom is 0.177 e. The third kappa shape index (κ3) is 5.37. The van der Waals surface area contributed by atoms with E-state index in [1.54, 1.807) is 11.8 Å². The molecule has 0 bridgehead atoms. The third-order valence-electron chi connectivity index (χ3n) is 2.74. The van der Waals surface area contributed by atoms with Gasteiger partial charge in [-0.3, -0.25) is 4.79 Å². The van der Waals surface area contributed by atoms with Gasteiger partial charge >= 0.3 is 0 Å². The molecule has 0 heterocycles. The molecule has 0 saturated carbocycles. The van der Waals surface area contributed by atoms with Crippen LogP contribution in [-0.4, -0.2) is 31.4 Å². The van der Waals surface area contributed by atoms with Crippen LogP contribution in [-0.2, 0) is 0 Å². The van der Waals surface area contributed by atoms with Crippen molar-refractivity contribution < 1.29 is 4.79 Å². The largest absolute Gasteiger partial charge is 0.329 e. The molecule has 0 radical (unpaired) electrons. The Morgan fingerprint density at radius 2 is 1.89 bits per heavy atom. The van der Waals surface area contributed by atoms with Gasteiger partial charge in [0.05, 0.1) is 5.25 Å². The normalized spacial score (nSPS) is 13.3. The van der Waals surface area contributed by atoms with Crippen molar-refractivity contribution in [1.29, 1.82) is 0 Å². The zero-order chi connectivity index (χ0) is 13.6. The van der Waals surface area contributed by atoms with Crippen LogP contribution in [0.25, 0.3) is 0 Å². The van der Waals surface area contributed by atoms with Gasteiger partial charge in [-0.2, -0.15) is 0 Å². The van der Waals surface area contributed by atoms with E-state index in [2.05, 4.69) is 19.6 Å². The molecule has 0 aliphatic carbocycles. The highest BCUT2D eigenvalue weighted by Gasteiger charge is 2.20. The summed E-state index contributed by atoms with van der Waals surface area (Å²) >= 11 is 1.71. The number of carbonyl (C=O) groups excluding carboxylic acids is 1. The van der Waals surface area contributed by atoms with Crippen LogP contribution in [0.15, 0.2) is 30.3 Å². The zero-order valence-corrected chi connectivity index (χ0v) is 13.3. The summed E-state index contributed by atoms with van der Waals surface area (Å²) < 4.78 is 0. The minimum Gasteiger partial charge on any atom is -0.329 e. The molecule has 1 aromatic carbocycles. The van der Waals surface area contributed by atoms with E-state index in [-0.39, 0.29) is 11.0 Å². The molecule has 0 aromatic heterocycles. The maximum atomic E-state index is 12.2. The maximum absolute atomic E-state index is 12.2. The number of thioether (sulfide) groups is 1. The Morgan fingerprint density at radius 1 is 1.28 bits per heavy atom. The van der Waals surface area contributed by atoms with E-state index in [1.165, 1.54) is 6.04 Å².